The highest BCUT2D eigenvalue weighted by Gasteiger charge is 2.29. The van der Waals surface area contributed by atoms with Crippen molar-refractivity contribution in [1.82, 2.24) is 4.90 Å². The molecular weight excluding hydrogens is 345 g/mol. The summed E-state index contributed by atoms with van der Waals surface area (Å²) in [6.45, 7) is 6.41. The Morgan fingerprint density at radius 1 is 1.04 bits per heavy atom. The van der Waals surface area contributed by atoms with Crippen molar-refractivity contribution in [2.75, 3.05) is 42.5 Å². The number of carbonyl (C=O) groups is 2. The SMILES string of the molecule is CCN(C(=O)C(=O)N1CCN(c2ccc(F)cc2)CC1)c1cccc(C)c1. The van der Waals surface area contributed by atoms with Crippen LogP contribution >= 0.6 is 0 Å². The third-order valence-electron chi connectivity index (χ3n) is 4.82. The molecule has 6 heteroatoms. The van der Waals surface area contributed by atoms with Crippen LogP contribution in [0.1, 0.15) is 12.5 Å². The van der Waals surface area contributed by atoms with E-state index in [2.05, 4.69) is 4.90 Å². The first-order chi connectivity index (χ1) is 13.0. The monoisotopic (exact) mass is 369 g/mol. The summed E-state index contributed by atoms with van der Waals surface area (Å²) in [5, 5.41) is 0. The number of hydrogen-bond acceptors (Lipinski definition) is 3. The van der Waals surface area contributed by atoms with Crippen LogP contribution in [0.5, 0.6) is 0 Å². The van der Waals surface area contributed by atoms with E-state index in [0.717, 1.165) is 16.9 Å². The van der Waals surface area contributed by atoms with Crippen molar-refractivity contribution in [2.45, 2.75) is 13.8 Å². The maximum absolute atomic E-state index is 13.1. The predicted molar refractivity (Wildman–Crippen MR) is 104 cm³/mol. The zero-order valence-corrected chi connectivity index (χ0v) is 15.7. The lowest BCUT2D eigenvalue weighted by Crippen LogP contribution is -2.53. The highest BCUT2D eigenvalue weighted by molar-refractivity contribution is 6.40. The second-order valence-corrected chi connectivity index (χ2v) is 6.64. The van der Waals surface area contributed by atoms with Gasteiger partial charge < -0.3 is 14.7 Å². The summed E-state index contributed by atoms with van der Waals surface area (Å²) in [6, 6.07) is 13.9. The fourth-order valence-electron chi connectivity index (χ4n) is 3.31. The lowest BCUT2D eigenvalue weighted by atomic mass is 10.2. The van der Waals surface area contributed by atoms with E-state index in [1.54, 1.807) is 17.0 Å². The van der Waals surface area contributed by atoms with Gasteiger partial charge in [-0.05, 0) is 55.8 Å². The second-order valence-electron chi connectivity index (χ2n) is 6.64. The Kier molecular flexibility index (Phi) is 5.74. The summed E-state index contributed by atoms with van der Waals surface area (Å²) in [7, 11) is 0. The van der Waals surface area contributed by atoms with E-state index in [1.165, 1.54) is 17.0 Å². The van der Waals surface area contributed by atoms with Crippen molar-refractivity contribution < 1.29 is 14.0 Å². The maximum Gasteiger partial charge on any atom is 0.316 e. The number of aryl methyl sites for hydroxylation is 1. The van der Waals surface area contributed by atoms with Crippen molar-refractivity contribution in [3.05, 3.63) is 59.9 Å². The first-order valence-corrected chi connectivity index (χ1v) is 9.17. The lowest BCUT2D eigenvalue weighted by molar-refractivity contribution is -0.144. The lowest BCUT2D eigenvalue weighted by Gasteiger charge is -2.36. The molecule has 0 unspecified atom stereocenters. The molecule has 1 fully saturated rings. The molecule has 27 heavy (non-hydrogen) atoms. The smallest absolute Gasteiger partial charge is 0.316 e. The molecule has 0 N–H and O–H groups in total. The van der Waals surface area contributed by atoms with Crippen molar-refractivity contribution >= 4 is 23.2 Å². The van der Waals surface area contributed by atoms with Crippen LogP contribution in [-0.2, 0) is 9.59 Å². The molecule has 2 aromatic rings. The fraction of sp³-hybridized carbons (Fsp3) is 0.333. The standard InChI is InChI=1S/C21H24FN3O2/c1-3-25(19-6-4-5-16(2)15-19)21(27)20(26)24-13-11-23(12-14-24)18-9-7-17(22)8-10-18/h4-10,15H,3,11-14H2,1-2H3. The molecule has 2 aromatic carbocycles. The number of amides is 2. The second kappa shape index (κ2) is 8.20. The van der Waals surface area contributed by atoms with E-state index >= 15 is 0 Å². The van der Waals surface area contributed by atoms with Gasteiger partial charge in [0.2, 0.25) is 0 Å². The zero-order valence-electron chi connectivity index (χ0n) is 15.7. The molecule has 0 spiro atoms. The van der Waals surface area contributed by atoms with Crippen LogP contribution in [-0.4, -0.2) is 49.4 Å². The molecule has 142 valence electrons. The van der Waals surface area contributed by atoms with Gasteiger partial charge in [-0.2, -0.15) is 0 Å². The Morgan fingerprint density at radius 3 is 2.30 bits per heavy atom. The number of nitrogens with zero attached hydrogens (tertiary/aromatic N) is 3. The fourth-order valence-corrected chi connectivity index (χ4v) is 3.31. The Morgan fingerprint density at radius 2 is 1.70 bits per heavy atom. The first kappa shape index (κ1) is 18.9. The van der Waals surface area contributed by atoms with Crippen LogP contribution in [0.25, 0.3) is 0 Å². The van der Waals surface area contributed by atoms with E-state index in [0.29, 0.717) is 32.7 Å². The summed E-state index contributed by atoms with van der Waals surface area (Å²) in [5.74, 6) is -1.25. The Bertz CT molecular complexity index is 814. The van der Waals surface area contributed by atoms with Gasteiger partial charge in [0, 0.05) is 44.1 Å². The van der Waals surface area contributed by atoms with Crippen LogP contribution in [0.4, 0.5) is 15.8 Å². The summed E-state index contributed by atoms with van der Waals surface area (Å²) in [5.41, 5.74) is 2.70. The highest BCUT2D eigenvalue weighted by atomic mass is 19.1. The molecule has 1 saturated heterocycles. The minimum absolute atomic E-state index is 0.269. The number of anilines is 2. The Balaban J connectivity index is 1.64. The molecule has 0 radical (unpaired) electrons. The number of halogens is 1. The largest absolute Gasteiger partial charge is 0.368 e. The maximum atomic E-state index is 13.1. The average molecular weight is 369 g/mol. The van der Waals surface area contributed by atoms with Crippen molar-refractivity contribution in [2.24, 2.45) is 0 Å². The van der Waals surface area contributed by atoms with E-state index in [-0.39, 0.29) is 5.82 Å². The van der Waals surface area contributed by atoms with Crippen LogP contribution < -0.4 is 9.80 Å². The highest BCUT2D eigenvalue weighted by Crippen LogP contribution is 2.19. The molecule has 0 saturated carbocycles. The molecule has 1 aliphatic heterocycles. The molecule has 5 nitrogen and oxygen atoms in total. The van der Waals surface area contributed by atoms with Crippen LogP contribution in [0.3, 0.4) is 0 Å². The van der Waals surface area contributed by atoms with Gasteiger partial charge in [-0.3, -0.25) is 9.59 Å². The van der Waals surface area contributed by atoms with E-state index < -0.39 is 11.8 Å². The number of piperazine rings is 1. The van der Waals surface area contributed by atoms with Gasteiger partial charge in [-0.1, -0.05) is 12.1 Å². The Labute approximate surface area is 159 Å². The number of carbonyl (C=O) groups excluding carboxylic acids is 2. The minimum atomic E-state index is -0.502. The number of benzene rings is 2. The van der Waals surface area contributed by atoms with E-state index in [4.69, 9.17) is 0 Å². The molecule has 3 rings (SSSR count). The summed E-state index contributed by atoms with van der Waals surface area (Å²) in [6.07, 6.45) is 0. The molecule has 0 atom stereocenters. The van der Waals surface area contributed by atoms with Crippen molar-refractivity contribution in [1.29, 1.82) is 0 Å². The zero-order chi connectivity index (χ0) is 19.4. The molecule has 0 aromatic heterocycles. The van der Waals surface area contributed by atoms with Gasteiger partial charge in [-0.25, -0.2) is 4.39 Å². The van der Waals surface area contributed by atoms with Crippen molar-refractivity contribution in [3.8, 4) is 0 Å². The summed E-state index contributed by atoms with van der Waals surface area (Å²) < 4.78 is 13.1. The topological polar surface area (TPSA) is 43.9 Å². The molecular formula is C21H24FN3O2. The third-order valence-corrected chi connectivity index (χ3v) is 4.82. The number of likely N-dealkylation sites (N-methyl/N-ethyl adjacent to an activating group) is 1. The molecule has 1 aliphatic rings. The molecule has 0 bridgehead atoms. The van der Waals surface area contributed by atoms with Gasteiger partial charge in [0.25, 0.3) is 0 Å². The third kappa shape index (κ3) is 4.27. The Hall–Kier alpha value is -2.89. The molecule has 0 aliphatic carbocycles. The van der Waals surface area contributed by atoms with Crippen LogP contribution in [0.15, 0.2) is 48.5 Å². The van der Waals surface area contributed by atoms with Gasteiger partial charge in [0.05, 0.1) is 0 Å². The summed E-state index contributed by atoms with van der Waals surface area (Å²) in [4.78, 5) is 30.7. The average Bonchev–Trinajstić information content (AvgIpc) is 2.69. The molecule has 1 heterocycles. The first-order valence-electron chi connectivity index (χ1n) is 9.17. The normalized spacial score (nSPS) is 14.2. The van der Waals surface area contributed by atoms with Crippen LogP contribution in [0, 0.1) is 12.7 Å². The number of rotatable bonds is 3. The summed E-state index contributed by atoms with van der Waals surface area (Å²) >= 11 is 0. The van der Waals surface area contributed by atoms with Gasteiger partial charge in [0.15, 0.2) is 0 Å². The minimum Gasteiger partial charge on any atom is -0.368 e. The number of hydrogen-bond donors (Lipinski definition) is 0. The quantitative estimate of drug-likeness (QED) is 0.782. The van der Waals surface area contributed by atoms with Crippen LogP contribution in [0.2, 0.25) is 0 Å². The van der Waals surface area contributed by atoms with Gasteiger partial charge >= 0.3 is 11.8 Å². The van der Waals surface area contributed by atoms with E-state index in [9.17, 15) is 14.0 Å². The predicted octanol–water partition coefficient (Wildman–Crippen LogP) is 2.84. The van der Waals surface area contributed by atoms with Gasteiger partial charge in [0.1, 0.15) is 5.82 Å². The molecule has 2 amide bonds. The van der Waals surface area contributed by atoms with Crippen molar-refractivity contribution in [3.63, 3.8) is 0 Å². The van der Waals surface area contributed by atoms with Gasteiger partial charge in [-0.15, -0.1) is 0 Å². The van der Waals surface area contributed by atoms with E-state index in [1.807, 2.05) is 38.1 Å².